The maximum Gasteiger partial charge on any atom is 0.306 e. The summed E-state index contributed by atoms with van der Waals surface area (Å²) in [7, 11) is 6.29. The highest BCUT2D eigenvalue weighted by atomic mass is 16.6. The van der Waals surface area contributed by atoms with Crippen molar-refractivity contribution in [2.45, 2.75) is 63.7 Å². The van der Waals surface area contributed by atoms with Crippen molar-refractivity contribution in [3.8, 4) is 23.0 Å². The van der Waals surface area contributed by atoms with Crippen LogP contribution in [0.25, 0.3) is 11.2 Å². The number of anilines is 1. The van der Waals surface area contributed by atoms with Crippen molar-refractivity contribution in [3.63, 3.8) is 0 Å². The molecule has 3 N–H and O–H groups in total. The van der Waals surface area contributed by atoms with Gasteiger partial charge in [-0.2, -0.15) is 0 Å². The van der Waals surface area contributed by atoms with Gasteiger partial charge in [-0.05, 0) is 47.7 Å². The Morgan fingerprint density at radius 2 is 1.69 bits per heavy atom. The number of benzene rings is 2. The molecule has 0 bridgehead atoms. The first-order valence-electron chi connectivity index (χ1n) is 15.8. The van der Waals surface area contributed by atoms with Crippen LogP contribution in [-0.4, -0.2) is 89.1 Å². The number of hydrogen-bond donors (Lipinski definition) is 3. The number of aliphatic hydroxyl groups excluding tert-OH is 2. The highest BCUT2D eigenvalue weighted by Gasteiger charge is 2.45. The van der Waals surface area contributed by atoms with E-state index in [1.54, 1.807) is 33.0 Å². The summed E-state index contributed by atoms with van der Waals surface area (Å²) >= 11 is 0. The normalized spacial score (nSPS) is 20.2. The zero-order chi connectivity index (χ0) is 34.4. The summed E-state index contributed by atoms with van der Waals surface area (Å²) in [4.78, 5) is 25.9. The van der Waals surface area contributed by atoms with E-state index < -0.39 is 30.5 Å². The second-order valence-corrected chi connectivity index (χ2v) is 11.6. The van der Waals surface area contributed by atoms with E-state index in [1.165, 1.54) is 12.7 Å². The van der Waals surface area contributed by atoms with E-state index in [-0.39, 0.29) is 25.0 Å². The summed E-state index contributed by atoms with van der Waals surface area (Å²) in [6, 6.07) is 11.0. The van der Waals surface area contributed by atoms with E-state index in [9.17, 15) is 15.0 Å². The first-order chi connectivity index (χ1) is 23.2. The number of hydrogen-bond acceptors (Lipinski definition) is 13. The molecule has 5 rings (SSSR count). The van der Waals surface area contributed by atoms with Crippen LogP contribution in [0.1, 0.15) is 50.1 Å². The van der Waals surface area contributed by atoms with Crippen molar-refractivity contribution < 1.29 is 43.4 Å². The van der Waals surface area contributed by atoms with Gasteiger partial charge in [-0.15, -0.1) is 0 Å². The van der Waals surface area contributed by atoms with E-state index in [1.807, 2.05) is 36.4 Å². The zero-order valence-corrected chi connectivity index (χ0v) is 28.0. The highest BCUT2D eigenvalue weighted by Crippen LogP contribution is 2.42. The van der Waals surface area contributed by atoms with Crippen LogP contribution >= 0.6 is 0 Å². The summed E-state index contributed by atoms with van der Waals surface area (Å²) in [5.74, 6) is 2.46. The molecule has 0 spiro atoms. The lowest BCUT2D eigenvalue weighted by molar-refractivity contribution is -0.150. The summed E-state index contributed by atoms with van der Waals surface area (Å²) in [6.07, 6.45) is -0.273. The number of carbonyl (C=O) groups is 1. The van der Waals surface area contributed by atoms with Gasteiger partial charge in [0, 0.05) is 6.42 Å². The number of nitrogens with one attached hydrogen (secondary N) is 1. The monoisotopic (exact) mass is 665 g/mol. The summed E-state index contributed by atoms with van der Waals surface area (Å²) in [5, 5.41) is 25.3. The maximum absolute atomic E-state index is 12.5. The van der Waals surface area contributed by atoms with E-state index >= 15 is 0 Å². The lowest BCUT2D eigenvalue weighted by Gasteiger charge is -2.27. The first-order valence-corrected chi connectivity index (χ1v) is 15.8. The number of carbonyl (C=O) groups excluding carboxylic acids is 1. The van der Waals surface area contributed by atoms with Gasteiger partial charge in [0.2, 0.25) is 5.75 Å². The van der Waals surface area contributed by atoms with E-state index in [0.717, 1.165) is 23.3 Å². The molecule has 0 aliphatic carbocycles. The molecule has 14 nitrogen and oxygen atoms in total. The van der Waals surface area contributed by atoms with Crippen molar-refractivity contribution in [1.82, 2.24) is 19.5 Å². The SMILES string of the molecule is CCC(C)C(Nc1ncnc2c1ncn2C1OC(COC(=O)CCc2ccc(OC)cc2)C(O)C1O)c1cc(OC)c(OC)c(OC)c1. The Labute approximate surface area is 278 Å². The fourth-order valence-corrected chi connectivity index (χ4v) is 5.74. The summed E-state index contributed by atoms with van der Waals surface area (Å²) in [5.41, 5.74) is 2.68. The minimum atomic E-state index is -1.33. The number of imidazole rings is 1. The number of methoxy groups -OCH3 is 4. The Balaban J connectivity index is 1.30. The molecule has 6 unspecified atom stereocenters. The van der Waals surface area contributed by atoms with Crippen molar-refractivity contribution in [1.29, 1.82) is 0 Å². The molecular formula is C34H43N5O9. The molecule has 2 aromatic carbocycles. The summed E-state index contributed by atoms with van der Waals surface area (Å²) < 4.78 is 34.8. The van der Waals surface area contributed by atoms with Crippen LogP contribution in [0.15, 0.2) is 49.1 Å². The molecule has 258 valence electrons. The smallest absolute Gasteiger partial charge is 0.306 e. The van der Waals surface area contributed by atoms with Crippen LogP contribution in [0.4, 0.5) is 5.82 Å². The molecule has 1 aliphatic heterocycles. The average Bonchev–Trinajstić information content (AvgIpc) is 3.67. The van der Waals surface area contributed by atoms with E-state index in [4.69, 9.17) is 28.4 Å². The third kappa shape index (κ3) is 7.25. The zero-order valence-electron chi connectivity index (χ0n) is 28.0. The van der Waals surface area contributed by atoms with Crippen molar-refractivity contribution in [3.05, 3.63) is 60.2 Å². The predicted octanol–water partition coefficient (Wildman–Crippen LogP) is 3.86. The Kier molecular flexibility index (Phi) is 11.2. The number of esters is 1. The van der Waals surface area contributed by atoms with Crippen LogP contribution in [-0.2, 0) is 20.7 Å². The second kappa shape index (κ2) is 15.5. The van der Waals surface area contributed by atoms with Gasteiger partial charge in [0.1, 0.15) is 37.0 Å². The largest absolute Gasteiger partial charge is 0.497 e. The van der Waals surface area contributed by atoms with Crippen molar-refractivity contribution in [2.75, 3.05) is 40.4 Å². The number of aromatic nitrogens is 4. The molecule has 1 saturated heterocycles. The second-order valence-electron chi connectivity index (χ2n) is 11.6. The van der Waals surface area contributed by atoms with Gasteiger partial charge in [-0.1, -0.05) is 32.4 Å². The molecule has 14 heteroatoms. The molecule has 1 fully saturated rings. The van der Waals surface area contributed by atoms with Gasteiger partial charge in [-0.25, -0.2) is 15.0 Å². The average molecular weight is 666 g/mol. The minimum Gasteiger partial charge on any atom is -0.497 e. The van der Waals surface area contributed by atoms with Crippen LogP contribution in [0, 0.1) is 5.92 Å². The number of rotatable bonds is 15. The van der Waals surface area contributed by atoms with Gasteiger partial charge in [-0.3, -0.25) is 9.36 Å². The molecule has 3 heterocycles. The molecule has 0 amide bonds. The Morgan fingerprint density at radius 1 is 0.979 bits per heavy atom. The fourth-order valence-electron chi connectivity index (χ4n) is 5.74. The highest BCUT2D eigenvalue weighted by molar-refractivity contribution is 5.83. The Hall–Kier alpha value is -4.66. The standard InChI is InChI=1S/C34H43N5O9/c1-7-19(2)27(21-14-23(44-4)31(46-6)24(15-21)45-5)38-32-28-33(36-17-35-32)39(18-37-28)34-30(42)29(41)25(48-34)16-47-26(40)13-10-20-8-11-22(43-3)12-9-20/h8-9,11-12,14-15,17-19,25,27,29-30,34,41-42H,7,10,13,16H2,1-6H3,(H,35,36,38). The molecule has 48 heavy (non-hydrogen) atoms. The van der Waals surface area contributed by atoms with Crippen LogP contribution in [0.3, 0.4) is 0 Å². The minimum absolute atomic E-state index is 0.147. The van der Waals surface area contributed by atoms with Crippen molar-refractivity contribution >= 4 is 23.0 Å². The van der Waals surface area contributed by atoms with E-state index in [0.29, 0.717) is 40.7 Å². The quantitative estimate of drug-likeness (QED) is 0.157. The Bertz CT molecular complexity index is 1660. The third-order valence-corrected chi connectivity index (χ3v) is 8.71. The van der Waals surface area contributed by atoms with Crippen LogP contribution in [0.2, 0.25) is 0 Å². The van der Waals surface area contributed by atoms with Crippen molar-refractivity contribution in [2.24, 2.45) is 5.92 Å². The van der Waals surface area contributed by atoms with Crippen LogP contribution in [0.5, 0.6) is 23.0 Å². The molecule has 0 radical (unpaired) electrons. The maximum atomic E-state index is 12.5. The number of ether oxygens (including phenoxy) is 6. The topological polar surface area (TPSA) is 169 Å². The number of nitrogens with zero attached hydrogens (tertiary/aromatic N) is 4. The number of aryl methyl sites for hydroxylation is 1. The predicted molar refractivity (Wildman–Crippen MR) is 175 cm³/mol. The molecule has 4 aromatic rings. The third-order valence-electron chi connectivity index (χ3n) is 8.71. The first kappa shape index (κ1) is 34.7. The van der Waals surface area contributed by atoms with Gasteiger partial charge in [0.05, 0.1) is 40.8 Å². The van der Waals surface area contributed by atoms with Crippen LogP contribution < -0.4 is 24.3 Å². The molecule has 2 aromatic heterocycles. The van der Waals surface area contributed by atoms with Gasteiger partial charge in [0.25, 0.3) is 0 Å². The number of aliphatic hydroxyl groups is 2. The van der Waals surface area contributed by atoms with Gasteiger partial charge >= 0.3 is 5.97 Å². The fraction of sp³-hybridized carbons (Fsp3) is 0.471. The molecule has 6 atom stereocenters. The van der Waals surface area contributed by atoms with Gasteiger partial charge in [0.15, 0.2) is 34.7 Å². The molecule has 1 aliphatic rings. The molecular weight excluding hydrogens is 622 g/mol. The van der Waals surface area contributed by atoms with E-state index in [2.05, 4.69) is 34.1 Å². The summed E-state index contributed by atoms with van der Waals surface area (Å²) in [6.45, 7) is 3.99. The molecule has 0 saturated carbocycles. The van der Waals surface area contributed by atoms with Gasteiger partial charge < -0.3 is 44.0 Å². The Morgan fingerprint density at radius 3 is 2.31 bits per heavy atom. The lowest BCUT2D eigenvalue weighted by atomic mass is 9.92. The lowest BCUT2D eigenvalue weighted by Crippen LogP contribution is -2.34. The number of fused-ring (bicyclic) bond motifs is 1.